The molecule has 0 spiro atoms. The van der Waals surface area contributed by atoms with Crippen molar-refractivity contribution in [2.45, 2.75) is 18.8 Å². The second-order valence-corrected chi connectivity index (χ2v) is 10.6. The van der Waals surface area contributed by atoms with E-state index in [1.165, 1.54) is 44.5 Å². The number of benzene rings is 2. The molecule has 1 fully saturated rings. The van der Waals surface area contributed by atoms with Crippen LogP contribution in [0.1, 0.15) is 34.7 Å². The second-order valence-electron chi connectivity index (χ2n) is 8.70. The van der Waals surface area contributed by atoms with E-state index in [-0.39, 0.29) is 28.5 Å². The summed E-state index contributed by atoms with van der Waals surface area (Å²) >= 11 is 0. The molecule has 2 aromatic carbocycles. The molecule has 2 amide bonds. The van der Waals surface area contributed by atoms with Gasteiger partial charge in [-0.1, -0.05) is 0 Å². The molecule has 0 saturated heterocycles. The number of hydrogen-bond donors (Lipinski definition) is 2. The zero-order chi connectivity index (χ0) is 26.9. The summed E-state index contributed by atoms with van der Waals surface area (Å²) in [6, 6.07) is 8.67. The summed E-state index contributed by atoms with van der Waals surface area (Å²) in [6.07, 6.45) is 2.59. The van der Waals surface area contributed by atoms with Gasteiger partial charge in [-0.2, -0.15) is 0 Å². The average Bonchev–Trinajstić information content (AvgIpc) is 3.64. The smallest absolute Gasteiger partial charge is 0.325 e. The highest BCUT2D eigenvalue weighted by molar-refractivity contribution is 7.92. The van der Waals surface area contributed by atoms with E-state index in [1.54, 1.807) is 6.07 Å². The highest BCUT2D eigenvalue weighted by atomic mass is 32.2. The number of anilines is 1. The number of hydrogen-bond acceptors (Lipinski definition) is 7. The van der Waals surface area contributed by atoms with Crippen LogP contribution in [0.15, 0.2) is 40.8 Å². The van der Waals surface area contributed by atoms with Crippen molar-refractivity contribution in [1.82, 2.24) is 10.6 Å². The molecule has 1 aliphatic carbocycles. The van der Waals surface area contributed by atoms with Crippen LogP contribution in [0.25, 0.3) is 22.3 Å². The van der Waals surface area contributed by atoms with E-state index in [0.717, 1.165) is 23.4 Å². The van der Waals surface area contributed by atoms with Crippen molar-refractivity contribution in [3.8, 4) is 11.3 Å². The SMILES string of the molecule is CNC(=O)c1c(-c2ccc(F)cc2)oc2cc(N(CC(=O)NCC(=O)OC)S(C)(=O)=O)c(C3CC3)cc12. The summed E-state index contributed by atoms with van der Waals surface area (Å²) in [4.78, 5) is 36.8. The zero-order valence-corrected chi connectivity index (χ0v) is 21.3. The molecule has 12 heteroatoms. The van der Waals surface area contributed by atoms with Gasteiger partial charge in [0.05, 0.1) is 24.6 Å². The Morgan fingerprint density at radius 1 is 1.16 bits per heavy atom. The van der Waals surface area contributed by atoms with Crippen molar-refractivity contribution in [1.29, 1.82) is 0 Å². The fourth-order valence-corrected chi connectivity index (χ4v) is 4.92. The molecule has 1 aliphatic rings. The van der Waals surface area contributed by atoms with Crippen molar-refractivity contribution in [2.24, 2.45) is 0 Å². The Labute approximate surface area is 212 Å². The lowest BCUT2D eigenvalue weighted by Gasteiger charge is -2.24. The lowest BCUT2D eigenvalue weighted by atomic mass is 10.0. The number of methoxy groups -OCH3 is 1. The molecule has 10 nitrogen and oxygen atoms in total. The molecule has 0 radical (unpaired) electrons. The number of nitrogens with one attached hydrogen (secondary N) is 2. The van der Waals surface area contributed by atoms with Crippen molar-refractivity contribution in [2.75, 3.05) is 37.8 Å². The number of fused-ring (bicyclic) bond motifs is 1. The third-order valence-electron chi connectivity index (χ3n) is 6.03. The largest absolute Gasteiger partial charge is 0.468 e. The maximum absolute atomic E-state index is 13.5. The minimum Gasteiger partial charge on any atom is -0.468 e. The van der Waals surface area contributed by atoms with Crippen molar-refractivity contribution in [3.63, 3.8) is 0 Å². The molecule has 0 aliphatic heterocycles. The molecule has 1 saturated carbocycles. The van der Waals surface area contributed by atoms with Gasteiger partial charge in [0.2, 0.25) is 15.9 Å². The molecule has 0 bridgehead atoms. The highest BCUT2D eigenvalue weighted by Crippen LogP contribution is 2.48. The van der Waals surface area contributed by atoms with Gasteiger partial charge in [-0.05, 0) is 54.7 Å². The minimum absolute atomic E-state index is 0.0310. The van der Waals surface area contributed by atoms with E-state index >= 15 is 0 Å². The van der Waals surface area contributed by atoms with Crippen LogP contribution >= 0.6 is 0 Å². The van der Waals surface area contributed by atoms with Crippen LogP contribution in [0.4, 0.5) is 10.1 Å². The van der Waals surface area contributed by atoms with Crippen LogP contribution < -0.4 is 14.9 Å². The van der Waals surface area contributed by atoms with Gasteiger partial charge in [-0.25, -0.2) is 12.8 Å². The number of amides is 2. The normalized spacial score (nSPS) is 13.3. The molecule has 0 atom stereocenters. The maximum atomic E-state index is 13.5. The highest BCUT2D eigenvalue weighted by Gasteiger charge is 2.34. The van der Waals surface area contributed by atoms with E-state index in [4.69, 9.17) is 4.42 Å². The maximum Gasteiger partial charge on any atom is 0.325 e. The van der Waals surface area contributed by atoms with Crippen LogP contribution in [0.5, 0.6) is 0 Å². The predicted molar refractivity (Wildman–Crippen MR) is 134 cm³/mol. The average molecular weight is 532 g/mol. The standard InChI is InChI=1S/C25H26FN3O7S/c1-27-25(32)23-18-10-17(14-4-5-14)19(11-20(18)36-24(23)15-6-8-16(26)9-7-15)29(37(3,33)34)13-21(30)28-12-22(31)35-2/h6-11,14H,4-5,12-13H2,1-3H3,(H,27,32)(H,28,30). The Hall–Kier alpha value is -3.93. The first-order valence-electron chi connectivity index (χ1n) is 11.4. The van der Waals surface area contributed by atoms with Crippen LogP contribution in [0.2, 0.25) is 0 Å². The van der Waals surface area contributed by atoms with Gasteiger partial charge in [0.1, 0.15) is 30.3 Å². The number of sulfonamides is 1. The fraction of sp³-hybridized carbons (Fsp3) is 0.320. The van der Waals surface area contributed by atoms with Crippen LogP contribution in [-0.2, 0) is 24.3 Å². The third kappa shape index (κ3) is 5.58. The summed E-state index contributed by atoms with van der Waals surface area (Å²) in [5.41, 5.74) is 1.82. The van der Waals surface area contributed by atoms with Gasteiger partial charge in [-0.15, -0.1) is 0 Å². The summed E-state index contributed by atoms with van der Waals surface area (Å²) in [6.45, 7) is -0.981. The molecule has 2 N–H and O–H groups in total. The van der Waals surface area contributed by atoms with Crippen molar-refractivity contribution < 1.29 is 36.3 Å². The quantitative estimate of drug-likeness (QED) is 0.405. The van der Waals surface area contributed by atoms with Gasteiger partial charge in [-0.3, -0.25) is 18.7 Å². The number of ether oxygens (including phenoxy) is 1. The first-order chi connectivity index (χ1) is 17.5. The molecular formula is C25H26FN3O7S. The molecule has 196 valence electrons. The molecular weight excluding hydrogens is 505 g/mol. The lowest BCUT2D eigenvalue weighted by molar-refractivity contribution is -0.141. The lowest BCUT2D eigenvalue weighted by Crippen LogP contribution is -2.42. The molecule has 37 heavy (non-hydrogen) atoms. The predicted octanol–water partition coefficient (Wildman–Crippen LogP) is 2.53. The van der Waals surface area contributed by atoms with Crippen molar-refractivity contribution in [3.05, 3.63) is 53.3 Å². The number of halogens is 1. The number of nitrogens with zero attached hydrogens (tertiary/aromatic N) is 1. The van der Waals surface area contributed by atoms with E-state index in [2.05, 4.69) is 15.4 Å². The number of carbonyl (C=O) groups excluding carboxylic acids is 3. The van der Waals surface area contributed by atoms with Gasteiger partial charge in [0, 0.05) is 24.1 Å². The van der Waals surface area contributed by atoms with Crippen LogP contribution in [-0.4, -0.2) is 59.7 Å². The van der Waals surface area contributed by atoms with Crippen LogP contribution in [0.3, 0.4) is 0 Å². The molecule has 3 aromatic rings. The summed E-state index contributed by atoms with van der Waals surface area (Å²) in [7, 11) is -1.29. The van der Waals surface area contributed by atoms with Gasteiger partial charge >= 0.3 is 5.97 Å². The van der Waals surface area contributed by atoms with E-state index < -0.39 is 46.7 Å². The Balaban J connectivity index is 1.86. The van der Waals surface area contributed by atoms with E-state index in [1.807, 2.05) is 0 Å². The van der Waals surface area contributed by atoms with E-state index in [9.17, 15) is 27.2 Å². The Morgan fingerprint density at radius 2 is 1.84 bits per heavy atom. The first kappa shape index (κ1) is 26.1. The zero-order valence-electron chi connectivity index (χ0n) is 20.5. The number of carbonyl (C=O) groups is 3. The minimum atomic E-state index is -3.94. The Bertz CT molecular complexity index is 1480. The number of rotatable bonds is 9. The number of furan rings is 1. The molecule has 1 aromatic heterocycles. The monoisotopic (exact) mass is 531 g/mol. The molecule has 0 unspecified atom stereocenters. The van der Waals surface area contributed by atoms with E-state index in [0.29, 0.717) is 16.5 Å². The Morgan fingerprint density at radius 3 is 2.41 bits per heavy atom. The second kappa shape index (κ2) is 10.2. The summed E-state index contributed by atoms with van der Waals surface area (Å²) < 4.78 is 50.6. The summed E-state index contributed by atoms with van der Waals surface area (Å²) in [5.74, 6) is -2.01. The number of esters is 1. The van der Waals surface area contributed by atoms with Gasteiger partial charge in [0.25, 0.3) is 5.91 Å². The Kier molecular flexibility index (Phi) is 7.21. The van der Waals surface area contributed by atoms with Crippen LogP contribution in [0, 0.1) is 5.82 Å². The fourth-order valence-electron chi connectivity index (χ4n) is 4.05. The first-order valence-corrected chi connectivity index (χ1v) is 13.3. The summed E-state index contributed by atoms with van der Waals surface area (Å²) in [5, 5.41) is 5.40. The molecule has 1 heterocycles. The molecule has 4 rings (SSSR count). The van der Waals surface area contributed by atoms with Crippen molar-refractivity contribution >= 4 is 44.5 Å². The van der Waals surface area contributed by atoms with Gasteiger partial charge < -0.3 is 19.8 Å². The topological polar surface area (TPSA) is 135 Å². The third-order valence-corrected chi connectivity index (χ3v) is 7.16. The van der Waals surface area contributed by atoms with Gasteiger partial charge in [0.15, 0.2) is 0 Å².